The lowest BCUT2D eigenvalue weighted by Gasteiger charge is -2.21. The second-order valence-electron chi connectivity index (χ2n) is 27.8. The molecule has 19 heteroatoms. The number of hydrogen-bond acceptors (Lipinski definition) is 15. The quantitative estimate of drug-likeness (QED) is 0.0222. The van der Waals surface area contributed by atoms with Gasteiger partial charge in [0.1, 0.15) is 19.3 Å². The number of carbonyl (C=O) groups is 4. The maximum absolute atomic E-state index is 13.1. The fraction of sp³-hybridized carbons (Fsp3) is 0.947. The minimum absolute atomic E-state index is 0.104. The minimum Gasteiger partial charge on any atom is -0.462 e. The van der Waals surface area contributed by atoms with Crippen LogP contribution in [-0.2, 0) is 65.4 Å². The first-order valence-corrected chi connectivity index (χ1v) is 42.0. The fourth-order valence-corrected chi connectivity index (χ4v) is 12.9. The van der Waals surface area contributed by atoms with E-state index in [9.17, 15) is 43.2 Å². The molecule has 0 saturated heterocycles. The van der Waals surface area contributed by atoms with Crippen molar-refractivity contribution in [2.45, 2.75) is 401 Å². The summed E-state index contributed by atoms with van der Waals surface area (Å²) >= 11 is 0. The molecule has 0 aliphatic rings. The summed E-state index contributed by atoms with van der Waals surface area (Å²) in [6.07, 6.45) is 51.3. The molecule has 0 rings (SSSR count). The van der Waals surface area contributed by atoms with Crippen molar-refractivity contribution in [1.29, 1.82) is 0 Å². The zero-order valence-electron chi connectivity index (χ0n) is 61.4. The molecule has 0 aromatic heterocycles. The molecule has 5 unspecified atom stereocenters. The van der Waals surface area contributed by atoms with Crippen LogP contribution in [-0.4, -0.2) is 96.7 Å². The number of esters is 4. The molecule has 0 aromatic rings. The van der Waals surface area contributed by atoms with Crippen LogP contribution in [0.2, 0.25) is 0 Å². The third kappa shape index (κ3) is 64.7. The first-order chi connectivity index (χ1) is 45.3. The zero-order valence-corrected chi connectivity index (χ0v) is 63.2. The van der Waals surface area contributed by atoms with Crippen molar-refractivity contribution in [1.82, 2.24) is 0 Å². The van der Waals surface area contributed by atoms with E-state index < -0.39 is 97.5 Å². The van der Waals surface area contributed by atoms with Crippen LogP contribution in [0, 0.1) is 17.8 Å². The Hall–Kier alpha value is -1.94. The van der Waals surface area contributed by atoms with Crippen LogP contribution >= 0.6 is 15.6 Å². The van der Waals surface area contributed by atoms with Crippen molar-refractivity contribution in [3.63, 3.8) is 0 Å². The average molecular weight is 1380 g/mol. The first kappa shape index (κ1) is 92.1. The molecular formula is C75H146O17P2. The van der Waals surface area contributed by atoms with E-state index in [4.69, 9.17) is 37.0 Å². The zero-order chi connectivity index (χ0) is 69.4. The molecule has 0 aliphatic heterocycles. The Morgan fingerprint density at radius 2 is 0.511 bits per heavy atom. The van der Waals surface area contributed by atoms with E-state index in [1.165, 1.54) is 186 Å². The Morgan fingerprint density at radius 3 is 0.755 bits per heavy atom. The van der Waals surface area contributed by atoms with Crippen LogP contribution in [0.4, 0.5) is 0 Å². The van der Waals surface area contributed by atoms with E-state index in [-0.39, 0.29) is 25.7 Å². The standard InChI is InChI=1S/C75H146O17P2/c1-8-12-13-14-15-16-17-18-19-20-21-22-23-24-29-35-44-51-58-74(79)91-70(62-85-72(77)56-49-42-34-28-26-25-27-32-39-46-53-66(5)9-2)64-89-93(81,82)87-60-69(76)61-88-94(83,84)90-65-71(63-86-73(78)57-50-43-38-37-41-48-55-68(7)11-4)92-75(80)59-52-45-36-31-30-33-40-47-54-67(6)10-3/h66-71,76H,8-65H2,1-7H3,(H,81,82)(H,83,84)/t66?,67?,68?,69-,70-,71-/m1/s1. The molecule has 0 saturated carbocycles. The number of hydrogen-bond donors (Lipinski definition) is 3. The summed E-state index contributed by atoms with van der Waals surface area (Å²) in [6.45, 7) is 11.9. The van der Waals surface area contributed by atoms with E-state index in [0.717, 1.165) is 114 Å². The van der Waals surface area contributed by atoms with E-state index in [2.05, 4.69) is 48.5 Å². The summed E-state index contributed by atoms with van der Waals surface area (Å²) in [5.41, 5.74) is 0. The molecule has 0 amide bonds. The van der Waals surface area contributed by atoms with Gasteiger partial charge in [0.2, 0.25) is 0 Å². The van der Waals surface area contributed by atoms with Crippen LogP contribution in [0.25, 0.3) is 0 Å². The largest absolute Gasteiger partial charge is 0.472 e. The van der Waals surface area contributed by atoms with Gasteiger partial charge in [-0.1, -0.05) is 331 Å². The molecule has 3 N–H and O–H groups in total. The average Bonchev–Trinajstić information content (AvgIpc) is 2.53. The van der Waals surface area contributed by atoms with Gasteiger partial charge >= 0.3 is 39.5 Å². The van der Waals surface area contributed by atoms with Crippen molar-refractivity contribution in [3.8, 4) is 0 Å². The smallest absolute Gasteiger partial charge is 0.462 e. The molecule has 0 spiro atoms. The molecule has 0 heterocycles. The predicted molar refractivity (Wildman–Crippen MR) is 381 cm³/mol. The first-order valence-electron chi connectivity index (χ1n) is 39.0. The second kappa shape index (κ2) is 65.7. The van der Waals surface area contributed by atoms with Gasteiger partial charge in [0, 0.05) is 25.7 Å². The maximum atomic E-state index is 13.1. The summed E-state index contributed by atoms with van der Waals surface area (Å²) in [7, 11) is -9.91. The second-order valence-corrected chi connectivity index (χ2v) is 30.7. The topological polar surface area (TPSA) is 237 Å². The highest BCUT2D eigenvalue weighted by molar-refractivity contribution is 7.47. The van der Waals surface area contributed by atoms with E-state index in [1.54, 1.807) is 0 Å². The SMILES string of the molecule is CCCCCCCCCCCCCCCCCCCCC(=O)O[C@H](COC(=O)CCCCCCCCCCCCC(C)CC)COP(=O)(O)OC[C@@H](O)COP(=O)(O)OC[C@@H](COC(=O)CCCCCCCCC(C)CC)OC(=O)CCCCCCCCCCC(C)CC. The number of rotatable bonds is 73. The highest BCUT2D eigenvalue weighted by Gasteiger charge is 2.30. The molecule has 0 radical (unpaired) electrons. The molecule has 558 valence electrons. The van der Waals surface area contributed by atoms with Crippen LogP contribution < -0.4 is 0 Å². The van der Waals surface area contributed by atoms with Crippen molar-refractivity contribution in [3.05, 3.63) is 0 Å². The van der Waals surface area contributed by atoms with E-state index >= 15 is 0 Å². The van der Waals surface area contributed by atoms with E-state index in [1.807, 2.05) is 0 Å². The normalized spacial score (nSPS) is 15.0. The van der Waals surface area contributed by atoms with Crippen molar-refractivity contribution in [2.24, 2.45) is 17.8 Å². The monoisotopic (exact) mass is 1380 g/mol. The number of phosphoric ester groups is 2. The lowest BCUT2D eigenvalue weighted by molar-refractivity contribution is -0.161. The number of aliphatic hydroxyl groups is 1. The van der Waals surface area contributed by atoms with Crippen molar-refractivity contribution >= 4 is 39.5 Å². The number of phosphoric acid groups is 2. The van der Waals surface area contributed by atoms with Gasteiger partial charge in [0.25, 0.3) is 0 Å². The van der Waals surface area contributed by atoms with Crippen LogP contribution in [0.3, 0.4) is 0 Å². The summed E-state index contributed by atoms with van der Waals surface area (Å²) in [4.78, 5) is 72.8. The molecule has 0 aliphatic carbocycles. The summed E-state index contributed by atoms with van der Waals surface area (Å²) in [5.74, 6) is 0.188. The van der Waals surface area contributed by atoms with Gasteiger partial charge in [-0.15, -0.1) is 0 Å². The molecule has 0 bridgehead atoms. The molecule has 0 fully saturated rings. The lowest BCUT2D eigenvalue weighted by Crippen LogP contribution is -2.30. The molecule has 94 heavy (non-hydrogen) atoms. The number of ether oxygens (including phenoxy) is 4. The van der Waals surface area contributed by atoms with Crippen molar-refractivity contribution < 1.29 is 80.2 Å². The minimum atomic E-state index is -4.96. The molecule has 8 atom stereocenters. The molecular weight excluding hydrogens is 1230 g/mol. The Bertz CT molecular complexity index is 1840. The number of carbonyl (C=O) groups excluding carboxylic acids is 4. The van der Waals surface area contributed by atoms with Crippen molar-refractivity contribution in [2.75, 3.05) is 39.6 Å². The summed E-state index contributed by atoms with van der Waals surface area (Å²) in [6, 6.07) is 0. The highest BCUT2D eigenvalue weighted by Crippen LogP contribution is 2.45. The Balaban J connectivity index is 5.26. The van der Waals surface area contributed by atoms with Gasteiger partial charge < -0.3 is 33.8 Å². The van der Waals surface area contributed by atoms with Gasteiger partial charge in [-0.3, -0.25) is 37.3 Å². The summed E-state index contributed by atoms with van der Waals surface area (Å²) in [5, 5.41) is 10.6. The Kier molecular flexibility index (Phi) is 64.3. The third-order valence-electron chi connectivity index (χ3n) is 18.5. The third-order valence-corrected chi connectivity index (χ3v) is 20.4. The van der Waals surface area contributed by atoms with Crippen LogP contribution in [0.5, 0.6) is 0 Å². The maximum Gasteiger partial charge on any atom is 0.472 e. The van der Waals surface area contributed by atoms with Gasteiger partial charge in [-0.2, -0.15) is 0 Å². The molecule has 0 aromatic carbocycles. The van der Waals surface area contributed by atoms with Gasteiger partial charge in [0.05, 0.1) is 26.4 Å². The predicted octanol–water partition coefficient (Wildman–Crippen LogP) is 21.8. The molecule has 17 nitrogen and oxygen atoms in total. The summed E-state index contributed by atoms with van der Waals surface area (Å²) < 4.78 is 68.5. The van der Waals surface area contributed by atoms with Crippen LogP contribution in [0.1, 0.15) is 382 Å². The van der Waals surface area contributed by atoms with Gasteiger partial charge in [0.15, 0.2) is 12.2 Å². The number of unbranched alkanes of at least 4 members (excludes halogenated alkanes) is 38. The Morgan fingerprint density at radius 1 is 0.298 bits per heavy atom. The number of aliphatic hydroxyl groups excluding tert-OH is 1. The van der Waals surface area contributed by atoms with Crippen LogP contribution in [0.15, 0.2) is 0 Å². The highest BCUT2D eigenvalue weighted by atomic mass is 31.2. The van der Waals surface area contributed by atoms with Gasteiger partial charge in [-0.25, -0.2) is 9.13 Å². The van der Waals surface area contributed by atoms with E-state index in [0.29, 0.717) is 25.7 Å². The fourth-order valence-electron chi connectivity index (χ4n) is 11.3. The van der Waals surface area contributed by atoms with Gasteiger partial charge in [-0.05, 0) is 43.4 Å². The Labute approximate surface area is 575 Å². The lowest BCUT2D eigenvalue weighted by atomic mass is 9.99.